The molecule has 4 nitrogen and oxygen atoms in total. The summed E-state index contributed by atoms with van der Waals surface area (Å²) >= 11 is 5.85. The maximum absolute atomic E-state index is 4.51. The maximum Gasteiger partial charge on any atom is 0.187 e. The van der Waals surface area contributed by atoms with Crippen molar-refractivity contribution in [2.24, 2.45) is 0 Å². The lowest BCUT2D eigenvalue weighted by Gasteiger charge is -2.04. The van der Waals surface area contributed by atoms with E-state index in [9.17, 15) is 0 Å². The van der Waals surface area contributed by atoms with E-state index in [0.29, 0.717) is 0 Å². The van der Waals surface area contributed by atoms with E-state index in [1.165, 1.54) is 11.8 Å². The smallest absolute Gasteiger partial charge is 0.187 e. The zero-order chi connectivity index (χ0) is 12.5. The van der Waals surface area contributed by atoms with Crippen molar-refractivity contribution in [1.29, 1.82) is 0 Å². The average molecular weight is 274 g/mol. The molecule has 0 aliphatic rings. The van der Waals surface area contributed by atoms with E-state index in [4.69, 9.17) is 0 Å². The quantitative estimate of drug-likeness (QED) is 0.443. The van der Waals surface area contributed by atoms with Crippen LogP contribution in [0.15, 0.2) is 41.9 Å². The van der Waals surface area contributed by atoms with Gasteiger partial charge in [-0.15, -0.1) is 0 Å². The standard InChI is InChI=1S/C12H10N4S2/c1-18-12-14-6-3-10(15-12)8-2-5-13-11-9(8)4-7-16(11)17/h2-7,17H,1H3. The highest BCUT2D eigenvalue weighted by Gasteiger charge is 2.09. The molecule has 3 aromatic rings. The Labute approximate surface area is 114 Å². The minimum atomic E-state index is 0.766. The van der Waals surface area contributed by atoms with Crippen molar-refractivity contribution in [2.45, 2.75) is 5.16 Å². The first kappa shape index (κ1) is 11.6. The second-order valence-corrected chi connectivity index (χ2v) is 4.89. The zero-order valence-electron chi connectivity index (χ0n) is 9.61. The molecule has 0 unspecified atom stereocenters. The summed E-state index contributed by atoms with van der Waals surface area (Å²) in [5, 5.41) is 1.81. The number of rotatable bonds is 2. The van der Waals surface area contributed by atoms with E-state index in [0.717, 1.165) is 27.4 Å². The monoisotopic (exact) mass is 274 g/mol. The first-order chi connectivity index (χ1) is 8.79. The van der Waals surface area contributed by atoms with Crippen LogP contribution in [0.5, 0.6) is 0 Å². The molecule has 0 fully saturated rings. The third-order valence-corrected chi connectivity index (χ3v) is 3.55. The summed E-state index contributed by atoms with van der Waals surface area (Å²) in [6.07, 6.45) is 7.38. The van der Waals surface area contributed by atoms with Crippen LogP contribution < -0.4 is 0 Å². The second-order valence-electron chi connectivity index (χ2n) is 3.68. The first-order valence-corrected chi connectivity index (χ1v) is 6.95. The van der Waals surface area contributed by atoms with Gasteiger partial charge in [-0.1, -0.05) is 24.6 Å². The zero-order valence-corrected chi connectivity index (χ0v) is 11.3. The van der Waals surface area contributed by atoms with E-state index >= 15 is 0 Å². The van der Waals surface area contributed by atoms with Gasteiger partial charge in [-0.3, -0.25) is 3.97 Å². The van der Waals surface area contributed by atoms with Crippen molar-refractivity contribution < 1.29 is 0 Å². The van der Waals surface area contributed by atoms with Gasteiger partial charge < -0.3 is 0 Å². The molecule has 3 aromatic heterocycles. The van der Waals surface area contributed by atoms with Crippen molar-refractivity contribution in [1.82, 2.24) is 18.9 Å². The molecule has 90 valence electrons. The third-order valence-electron chi connectivity index (χ3n) is 2.66. The molecule has 0 radical (unpaired) electrons. The summed E-state index contributed by atoms with van der Waals surface area (Å²) in [5.74, 6) is 0. The van der Waals surface area contributed by atoms with Crippen molar-refractivity contribution >= 4 is 35.6 Å². The van der Waals surface area contributed by atoms with Gasteiger partial charge in [0.25, 0.3) is 0 Å². The van der Waals surface area contributed by atoms with Crippen molar-refractivity contribution in [3.8, 4) is 11.3 Å². The van der Waals surface area contributed by atoms with Gasteiger partial charge in [-0.05, 0) is 24.5 Å². The molecule has 0 bridgehead atoms. The second kappa shape index (κ2) is 4.62. The van der Waals surface area contributed by atoms with Gasteiger partial charge in [0.05, 0.1) is 5.69 Å². The average Bonchev–Trinajstić information content (AvgIpc) is 2.81. The molecule has 0 aliphatic heterocycles. The number of thiol groups is 1. The number of fused-ring (bicyclic) bond motifs is 1. The van der Waals surface area contributed by atoms with Crippen LogP contribution in [0.4, 0.5) is 0 Å². The SMILES string of the molecule is CSc1nccc(-c2ccnc3c2ccn3S)n1. The van der Waals surface area contributed by atoms with Crippen LogP contribution in [0.1, 0.15) is 0 Å². The fraction of sp³-hybridized carbons (Fsp3) is 0.0833. The lowest BCUT2D eigenvalue weighted by atomic mass is 10.1. The summed E-state index contributed by atoms with van der Waals surface area (Å²) in [7, 11) is 0. The van der Waals surface area contributed by atoms with Gasteiger partial charge in [0.15, 0.2) is 5.16 Å². The third kappa shape index (κ3) is 1.87. The number of nitrogens with zero attached hydrogens (tertiary/aromatic N) is 4. The lowest BCUT2D eigenvalue weighted by molar-refractivity contribution is 0.977. The van der Waals surface area contributed by atoms with Crippen LogP contribution in [0.2, 0.25) is 0 Å². The van der Waals surface area contributed by atoms with Gasteiger partial charge in [-0.2, -0.15) is 0 Å². The number of aromatic nitrogens is 4. The Morgan fingerprint density at radius 1 is 1.17 bits per heavy atom. The molecular formula is C12H10N4S2. The molecule has 18 heavy (non-hydrogen) atoms. The van der Waals surface area contributed by atoms with E-state index in [1.54, 1.807) is 16.4 Å². The number of hydrogen-bond acceptors (Lipinski definition) is 5. The van der Waals surface area contributed by atoms with Crippen LogP contribution in [0.25, 0.3) is 22.3 Å². The maximum atomic E-state index is 4.51. The van der Waals surface area contributed by atoms with Gasteiger partial charge in [0.2, 0.25) is 0 Å². The minimum Gasteiger partial charge on any atom is -0.278 e. The number of thioether (sulfide) groups is 1. The molecule has 3 heterocycles. The molecular weight excluding hydrogens is 264 g/mol. The molecule has 0 aliphatic carbocycles. The van der Waals surface area contributed by atoms with E-state index in [2.05, 4.69) is 27.8 Å². The molecule has 0 N–H and O–H groups in total. The molecule has 6 heteroatoms. The molecule has 0 saturated heterocycles. The summed E-state index contributed by atoms with van der Waals surface area (Å²) in [5.41, 5.74) is 2.78. The Morgan fingerprint density at radius 3 is 2.83 bits per heavy atom. The predicted molar refractivity (Wildman–Crippen MR) is 76.9 cm³/mol. The Bertz CT molecular complexity index is 708. The van der Waals surface area contributed by atoms with Gasteiger partial charge >= 0.3 is 0 Å². The van der Waals surface area contributed by atoms with Gasteiger partial charge in [-0.25, -0.2) is 15.0 Å². The molecule has 0 saturated carbocycles. The Morgan fingerprint density at radius 2 is 2.00 bits per heavy atom. The Hall–Kier alpha value is -1.53. The van der Waals surface area contributed by atoms with Crippen molar-refractivity contribution in [3.63, 3.8) is 0 Å². The van der Waals surface area contributed by atoms with Crippen LogP contribution in [-0.4, -0.2) is 25.2 Å². The topological polar surface area (TPSA) is 43.6 Å². The van der Waals surface area contributed by atoms with Crippen LogP contribution >= 0.6 is 24.6 Å². The Kier molecular flexibility index (Phi) is 2.97. The van der Waals surface area contributed by atoms with Gasteiger partial charge in [0, 0.05) is 29.5 Å². The predicted octanol–water partition coefficient (Wildman–Crippen LogP) is 2.91. The fourth-order valence-electron chi connectivity index (χ4n) is 1.84. The minimum absolute atomic E-state index is 0.766. The summed E-state index contributed by atoms with van der Waals surface area (Å²) in [6, 6.07) is 5.86. The largest absolute Gasteiger partial charge is 0.278 e. The van der Waals surface area contributed by atoms with Crippen molar-refractivity contribution in [3.05, 3.63) is 36.8 Å². The highest BCUT2D eigenvalue weighted by atomic mass is 32.2. The first-order valence-electron chi connectivity index (χ1n) is 5.32. The normalized spacial score (nSPS) is 11.0. The fourth-order valence-corrected chi connectivity index (χ4v) is 2.42. The van der Waals surface area contributed by atoms with E-state index in [-0.39, 0.29) is 0 Å². The van der Waals surface area contributed by atoms with Crippen LogP contribution in [0, 0.1) is 0 Å². The summed E-state index contributed by atoms with van der Waals surface area (Å²) in [6.45, 7) is 0. The van der Waals surface area contributed by atoms with Crippen LogP contribution in [-0.2, 0) is 0 Å². The lowest BCUT2D eigenvalue weighted by Crippen LogP contribution is -1.90. The number of hydrogen-bond donors (Lipinski definition) is 1. The summed E-state index contributed by atoms with van der Waals surface area (Å²) in [4.78, 5) is 13.0. The van der Waals surface area contributed by atoms with E-state index < -0.39 is 0 Å². The molecule has 3 rings (SSSR count). The van der Waals surface area contributed by atoms with Gasteiger partial charge in [0.1, 0.15) is 5.65 Å². The molecule has 0 spiro atoms. The van der Waals surface area contributed by atoms with Crippen LogP contribution in [0.3, 0.4) is 0 Å². The Balaban J connectivity index is 2.24. The molecule has 0 aromatic carbocycles. The van der Waals surface area contributed by atoms with E-state index in [1.807, 2.05) is 30.7 Å². The molecule has 0 amide bonds. The highest BCUT2D eigenvalue weighted by molar-refractivity contribution is 7.98. The highest BCUT2D eigenvalue weighted by Crippen LogP contribution is 2.27. The number of pyridine rings is 1. The molecule has 0 atom stereocenters. The summed E-state index contributed by atoms with van der Waals surface area (Å²) < 4.78 is 1.70. The van der Waals surface area contributed by atoms with Crippen molar-refractivity contribution in [2.75, 3.05) is 6.26 Å².